The highest BCUT2D eigenvalue weighted by Gasteiger charge is 2.09. The lowest BCUT2D eigenvalue weighted by Gasteiger charge is -2.11. The van der Waals surface area contributed by atoms with Crippen molar-refractivity contribution in [3.8, 4) is 5.75 Å². The number of aliphatic hydroxyl groups is 1. The summed E-state index contributed by atoms with van der Waals surface area (Å²) >= 11 is 0. The Morgan fingerprint density at radius 2 is 1.88 bits per heavy atom. The van der Waals surface area contributed by atoms with Crippen LogP contribution in [0.25, 0.3) is 0 Å². The van der Waals surface area contributed by atoms with Gasteiger partial charge in [-0.05, 0) is 23.8 Å². The van der Waals surface area contributed by atoms with Gasteiger partial charge >= 0.3 is 0 Å². The second-order valence-electron chi connectivity index (χ2n) is 3.46. The van der Waals surface area contributed by atoms with E-state index in [1.165, 1.54) is 0 Å². The average molecular weight is 215 g/mol. The Kier molecular flexibility index (Phi) is 3.17. The van der Waals surface area contributed by atoms with E-state index in [-0.39, 0.29) is 0 Å². The van der Waals surface area contributed by atoms with Gasteiger partial charge in [-0.2, -0.15) is 0 Å². The number of ether oxygens (including phenoxy) is 1. The van der Waals surface area contributed by atoms with Crippen LogP contribution < -0.4 is 4.74 Å². The first-order valence-corrected chi connectivity index (χ1v) is 5.03. The molecule has 0 aliphatic heterocycles. The molecule has 2 rings (SSSR count). The van der Waals surface area contributed by atoms with Crippen molar-refractivity contribution in [3.63, 3.8) is 0 Å². The van der Waals surface area contributed by atoms with E-state index < -0.39 is 6.10 Å². The van der Waals surface area contributed by atoms with Gasteiger partial charge in [0.1, 0.15) is 11.9 Å². The zero-order chi connectivity index (χ0) is 11.4. The summed E-state index contributed by atoms with van der Waals surface area (Å²) in [7, 11) is 1.62. The summed E-state index contributed by atoms with van der Waals surface area (Å²) in [5.41, 5.74) is 1.61. The maximum atomic E-state index is 10.1. The topological polar surface area (TPSA) is 42.4 Å². The molecule has 2 aromatic rings. The summed E-state index contributed by atoms with van der Waals surface area (Å²) in [6, 6.07) is 11.0. The largest absolute Gasteiger partial charge is 0.497 e. The lowest BCUT2D eigenvalue weighted by molar-refractivity contribution is 0.220. The van der Waals surface area contributed by atoms with Crippen LogP contribution in [0.1, 0.15) is 17.2 Å². The first-order valence-electron chi connectivity index (χ1n) is 5.03. The minimum atomic E-state index is -0.639. The number of benzene rings is 1. The molecule has 0 bridgehead atoms. The third kappa shape index (κ3) is 2.20. The van der Waals surface area contributed by atoms with Crippen molar-refractivity contribution in [1.82, 2.24) is 4.98 Å². The fourth-order valence-corrected chi connectivity index (χ4v) is 1.52. The molecular formula is C13H13NO2. The molecule has 1 atom stereocenters. The third-order valence-electron chi connectivity index (χ3n) is 2.43. The van der Waals surface area contributed by atoms with Gasteiger partial charge in [-0.3, -0.25) is 4.98 Å². The Morgan fingerprint density at radius 3 is 2.44 bits per heavy atom. The molecule has 1 heterocycles. The van der Waals surface area contributed by atoms with Crippen LogP contribution in [0.2, 0.25) is 0 Å². The molecule has 16 heavy (non-hydrogen) atoms. The predicted molar refractivity (Wildman–Crippen MR) is 61.3 cm³/mol. The maximum absolute atomic E-state index is 10.1. The van der Waals surface area contributed by atoms with Crippen LogP contribution in [0.3, 0.4) is 0 Å². The number of hydrogen-bond donors (Lipinski definition) is 1. The van der Waals surface area contributed by atoms with Gasteiger partial charge in [0.25, 0.3) is 0 Å². The fourth-order valence-electron chi connectivity index (χ4n) is 1.52. The van der Waals surface area contributed by atoms with Gasteiger partial charge in [-0.1, -0.05) is 18.2 Å². The van der Waals surface area contributed by atoms with Crippen molar-refractivity contribution in [2.75, 3.05) is 7.11 Å². The Balaban J connectivity index is 2.24. The van der Waals surface area contributed by atoms with Gasteiger partial charge < -0.3 is 9.84 Å². The average Bonchev–Trinajstić information content (AvgIpc) is 2.39. The van der Waals surface area contributed by atoms with E-state index >= 15 is 0 Å². The standard InChI is InChI=1S/C13H13NO2/c1-16-12-6-4-10(5-7-12)13(15)11-3-2-8-14-9-11/h2-9,13,15H,1H3/t13-/m0/s1. The summed E-state index contributed by atoms with van der Waals surface area (Å²) < 4.78 is 5.06. The Hall–Kier alpha value is -1.87. The van der Waals surface area contributed by atoms with Crippen molar-refractivity contribution in [1.29, 1.82) is 0 Å². The second kappa shape index (κ2) is 4.77. The predicted octanol–water partition coefficient (Wildman–Crippen LogP) is 2.17. The van der Waals surface area contributed by atoms with Gasteiger partial charge in [0, 0.05) is 18.0 Å². The van der Waals surface area contributed by atoms with E-state index in [2.05, 4.69) is 4.98 Å². The monoisotopic (exact) mass is 215 g/mol. The Morgan fingerprint density at radius 1 is 1.12 bits per heavy atom. The molecule has 0 amide bonds. The highest BCUT2D eigenvalue weighted by atomic mass is 16.5. The number of aromatic nitrogens is 1. The van der Waals surface area contributed by atoms with Gasteiger partial charge in [0.15, 0.2) is 0 Å². The van der Waals surface area contributed by atoms with Gasteiger partial charge in [-0.15, -0.1) is 0 Å². The summed E-state index contributed by atoms with van der Waals surface area (Å²) in [4.78, 5) is 3.98. The van der Waals surface area contributed by atoms with Gasteiger partial charge in [0.05, 0.1) is 7.11 Å². The molecule has 0 radical (unpaired) electrons. The van der Waals surface area contributed by atoms with E-state index in [1.807, 2.05) is 36.4 Å². The SMILES string of the molecule is COc1ccc([C@H](O)c2cccnc2)cc1. The summed E-state index contributed by atoms with van der Waals surface area (Å²) in [6.07, 6.45) is 2.71. The smallest absolute Gasteiger partial charge is 0.118 e. The lowest BCUT2D eigenvalue weighted by atomic mass is 10.0. The molecule has 0 spiro atoms. The molecule has 0 unspecified atom stereocenters. The molecule has 0 saturated carbocycles. The first kappa shape index (κ1) is 10.6. The molecule has 82 valence electrons. The number of aliphatic hydroxyl groups excluding tert-OH is 1. The Bertz CT molecular complexity index is 439. The molecule has 0 aliphatic rings. The molecule has 1 aromatic carbocycles. The number of methoxy groups -OCH3 is 1. The van der Waals surface area contributed by atoms with Crippen LogP contribution in [-0.4, -0.2) is 17.2 Å². The highest BCUT2D eigenvalue weighted by Crippen LogP contribution is 2.22. The second-order valence-corrected chi connectivity index (χ2v) is 3.46. The fraction of sp³-hybridized carbons (Fsp3) is 0.154. The van der Waals surface area contributed by atoms with Gasteiger partial charge in [0.2, 0.25) is 0 Å². The van der Waals surface area contributed by atoms with Crippen LogP contribution in [0.5, 0.6) is 5.75 Å². The van der Waals surface area contributed by atoms with Gasteiger partial charge in [-0.25, -0.2) is 0 Å². The normalized spacial score (nSPS) is 12.1. The molecule has 3 heteroatoms. The minimum absolute atomic E-state index is 0.639. The van der Waals surface area contributed by atoms with Crippen molar-refractivity contribution >= 4 is 0 Å². The number of nitrogens with zero attached hydrogens (tertiary/aromatic N) is 1. The van der Waals surface area contributed by atoms with E-state index in [9.17, 15) is 5.11 Å². The van der Waals surface area contributed by atoms with Crippen LogP contribution in [0.4, 0.5) is 0 Å². The number of pyridine rings is 1. The zero-order valence-electron chi connectivity index (χ0n) is 9.00. The highest BCUT2D eigenvalue weighted by molar-refractivity contribution is 5.32. The molecule has 0 aliphatic carbocycles. The van der Waals surface area contributed by atoms with E-state index in [4.69, 9.17) is 4.74 Å². The molecule has 3 nitrogen and oxygen atoms in total. The van der Waals surface area contributed by atoms with Crippen molar-refractivity contribution in [2.24, 2.45) is 0 Å². The minimum Gasteiger partial charge on any atom is -0.497 e. The summed E-state index contributed by atoms with van der Waals surface area (Å²) in [5, 5.41) is 10.1. The number of hydrogen-bond acceptors (Lipinski definition) is 3. The molecule has 1 N–H and O–H groups in total. The number of rotatable bonds is 3. The maximum Gasteiger partial charge on any atom is 0.118 e. The van der Waals surface area contributed by atoms with Crippen LogP contribution in [-0.2, 0) is 0 Å². The van der Waals surface area contributed by atoms with E-state index in [0.717, 1.165) is 16.9 Å². The van der Waals surface area contributed by atoms with Crippen LogP contribution >= 0.6 is 0 Å². The Labute approximate surface area is 94.3 Å². The van der Waals surface area contributed by atoms with E-state index in [0.29, 0.717) is 0 Å². The van der Waals surface area contributed by atoms with Crippen molar-refractivity contribution in [3.05, 3.63) is 59.9 Å². The van der Waals surface area contributed by atoms with E-state index in [1.54, 1.807) is 19.5 Å². The molecule has 0 saturated heterocycles. The van der Waals surface area contributed by atoms with Crippen molar-refractivity contribution < 1.29 is 9.84 Å². The third-order valence-corrected chi connectivity index (χ3v) is 2.43. The lowest BCUT2D eigenvalue weighted by Crippen LogP contribution is -1.99. The quantitative estimate of drug-likeness (QED) is 0.853. The van der Waals surface area contributed by atoms with Crippen LogP contribution in [0.15, 0.2) is 48.8 Å². The zero-order valence-corrected chi connectivity index (χ0v) is 9.00. The molecule has 1 aromatic heterocycles. The van der Waals surface area contributed by atoms with Crippen molar-refractivity contribution in [2.45, 2.75) is 6.10 Å². The molecular weight excluding hydrogens is 202 g/mol. The summed E-state index contributed by atoms with van der Waals surface area (Å²) in [5.74, 6) is 0.780. The summed E-state index contributed by atoms with van der Waals surface area (Å²) in [6.45, 7) is 0. The first-order chi connectivity index (χ1) is 7.81. The molecule has 0 fully saturated rings. The van der Waals surface area contributed by atoms with Crippen LogP contribution in [0, 0.1) is 0 Å².